The Balaban J connectivity index is 1.62. The number of aryl methyl sites for hydroxylation is 1. The van der Waals surface area contributed by atoms with Gasteiger partial charge in [-0.2, -0.15) is 0 Å². The van der Waals surface area contributed by atoms with Crippen molar-refractivity contribution in [1.82, 2.24) is 10.3 Å². The number of nitrogens with zero attached hydrogens (tertiary/aromatic N) is 1. The van der Waals surface area contributed by atoms with Gasteiger partial charge < -0.3 is 15.2 Å². The van der Waals surface area contributed by atoms with Crippen molar-refractivity contribution in [3.8, 4) is 11.3 Å². The molecule has 1 unspecified atom stereocenters. The van der Waals surface area contributed by atoms with Crippen molar-refractivity contribution < 1.29 is 14.6 Å². The molecule has 2 heterocycles. The van der Waals surface area contributed by atoms with E-state index in [1.54, 1.807) is 11.3 Å². The highest BCUT2D eigenvalue weighted by molar-refractivity contribution is 7.09. The van der Waals surface area contributed by atoms with Crippen molar-refractivity contribution in [2.75, 3.05) is 26.4 Å². The third-order valence-corrected chi connectivity index (χ3v) is 5.29. The number of carbonyl (C=O) groups is 1. The summed E-state index contributed by atoms with van der Waals surface area (Å²) in [6, 6.07) is 7.49. The van der Waals surface area contributed by atoms with Crippen LogP contribution in [0.2, 0.25) is 0 Å². The van der Waals surface area contributed by atoms with Crippen molar-refractivity contribution >= 4 is 17.2 Å². The van der Waals surface area contributed by atoms with Gasteiger partial charge in [0.25, 0.3) is 5.91 Å². The number of aromatic nitrogens is 1. The van der Waals surface area contributed by atoms with E-state index in [2.05, 4.69) is 10.3 Å². The molecule has 0 saturated carbocycles. The van der Waals surface area contributed by atoms with Crippen molar-refractivity contribution in [3.05, 3.63) is 40.2 Å². The van der Waals surface area contributed by atoms with E-state index >= 15 is 0 Å². The van der Waals surface area contributed by atoms with Gasteiger partial charge in [0, 0.05) is 41.7 Å². The molecule has 1 atom stereocenters. The summed E-state index contributed by atoms with van der Waals surface area (Å²) in [4.78, 5) is 16.8. The fraction of sp³-hybridized carbons (Fsp3) is 0.444. The van der Waals surface area contributed by atoms with E-state index in [1.807, 2.05) is 36.6 Å². The van der Waals surface area contributed by atoms with Crippen LogP contribution in [-0.2, 0) is 4.74 Å². The molecule has 0 bridgehead atoms. The Hall–Kier alpha value is -1.76. The Morgan fingerprint density at radius 1 is 1.42 bits per heavy atom. The Kier molecular flexibility index (Phi) is 5.28. The summed E-state index contributed by atoms with van der Waals surface area (Å²) in [5.41, 5.74) is 2.44. The van der Waals surface area contributed by atoms with Gasteiger partial charge in [0.15, 0.2) is 0 Å². The maximum absolute atomic E-state index is 12.4. The number of rotatable bonds is 6. The molecule has 3 rings (SSSR count). The molecule has 1 saturated heterocycles. The summed E-state index contributed by atoms with van der Waals surface area (Å²) in [5.74, 6) is -0.0970. The molecule has 2 N–H and O–H groups in total. The zero-order valence-corrected chi connectivity index (χ0v) is 14.6. The summed E-state index contributed by atoms with van der Waals surface area (Å²) in [6.45, 7) is 3.90. The highest BCUT2D eigenvalue weighted by Crippen LogP contribution is 2.31. The normalized spacial score (nSPS) is 20.2. The molecular formula is C18H22N2O3S. The van der Waals surface area contributed by atoms with Gasteiger partial charge in [-0.1, -0.05) is 12.1 Å². The smallest absolute Gasteiger partial charge is 0.251 e. The minimum atomic E-state index is -0.136. The number of aliphatic hydroxyl groups is 1. The monoisotopic (exact) mass is 346 g/mol. The molecule has 0 radical (unpaired) electrons. The van der Waals surface area contributed by atoms with E-state index in [4.69, 9.17) is 4.74 Å². The molecule has 128 valence electrons. The lowest BCUT2D eigenvalue weighted by Crippen LogP contribution is -2.38. The van der Waals surface area contributed by atoms with Crippen LogP contribution in [-0.4, -0.2) is 42.4 Å². The first kappa shape index (κ1) is 17.1. The Morgan fingerprint density at radius 3 is 2.79 bits per heavy atom. The molecule has 5 nitrogen and oxygen atoms in total. The van der Waals surface area contributed by atoms with Gasteiger partial charge in [-0.3, -0.25) is 4.79 Å². The number of aliphatic hydroxyl groups excluding tert-OH is 1. The van der Waals surface area contributed by atoms with Crippen LogP contribution < -0.4 is 5.32 Å². The van der Waals surface area contributed by atoms with E-state index in [-0.39, 0.29) is 17.9 Å². The number of carbonyl (C=O) groups excluding carboxylic acids is 1. The Bertz CT molecular complexity index is 691. The van der Waals surface area contributed by atoms with Crippen molar-refractivity contribution in [2.45, 2.75) is 19.8 Å². The number of amides is 1. The molecule has 0 aliphatic carbocycles. The van der Waals surface area contributed by atoms with Crippen LogP contribution in [0.5, 0.6) is 0 Å². The summed E-state index contributed by atoms with van der Waals surface area (Å²) >= 11 is 1.61. The van der Waals surface area contributed by atoms with Gasteiger partial charge in [-0.25, -0.2) is 4.98 Å². The minimum Gasteiger partial charge on any atom is -0.396 e. The molecule has 6 heteroatoms. The van der Waals surface area contributed by atoms with E-state index < -0.39 is 0 Å². The second-order valence-corrected chi connectivity index (χ2v) is 7.35. The molecule has 0 spiro atoms. The van der Waals surface area contributed by atoms with Crippen LogP contribution in [0, 0.1) is 12.3 Å². The van der Waals surface area contributed by atoms with Gasteiger partial charge in [-0.05, 0) is 31.9 Å². The lowest BCUT2D eigenvalue weighted by molar-refractivity contribution is 0.0889. The van der Waals surface area contributed by atoms with Crippen LogP contribution in [0.1, 0.15) is 28.2 Å². The molecule has 1 amide bonds. The molecule has 1 aromatic carbocycles. The van der Waals surface area contributed by atoms with Crippen LogP contribution in [0.15, 0.2) is 29.6 Å². The zero-order valence-electron chi connectivity index (χ0n) is 13.7. The average Bonchev–Trinajstić information content (AvgIpc) is 3.23. The van der Waals surface area contributed by atoms with Crippen LogP contribution >= 0.6 is 11.3 Å². The highest BCUT2D eigenvalue weighted by atomic mass is 32.1. The largest absolute Gasteiger partial charge is 0.396 e. The van der Waals surface area contributed by atoms with Gasteiger partial charge >= 0.3 is 0 Å². The second-order valence-electron chi connectivity index (χ2n) is 6.29. The minimum absolute atomic E-state index is 0.0970. The number of nitrogens with one attached hydrogen (secondary N) is 1. The lowest BCUT2D eigenvalue weighted by Gasteiger charge is -2.26. The Labute approximate surface area is 145 Å². The number of thiazole rings is 1. The number of hydrogen-bond acceptors (Lipinski definition) is 5. The molecule has 24 heavy (non-hydrogen) atoms. The Morgan fingerprint density at radius 2 is 2.21 bits per heavy atom. The average molecular weight is 346 g/mol. The van der Waals surface area contributed by atoms with Crippen molar-refractivity contribution in [1.29, 1.82) is 0 Å². The van der Waals surface area contributed by atoms with Crippen LogP contribution in [0.25, 0.3) is 11.3 Å². The first-order valence-electron chi connectivity index (χ1n) is 8.11. The predicted molar refractivity (Wildman–Crippen MR) is 94.2 cm³/mol. The maximum Gasteiger partial charge on any atom is 0.251 e. The molecule has 2 aromatic rings. The van der Waals surface area contributed by atoms with E-state index in [1.165, 1.54) is 0 Å². The number of ether oxygens (including phenoxy) is 1. The first-order valence-corrected chi connectivity index (χ1v) is 8.99. The standard InChI is InChI=1S/C18H22N2O3S/c1-13-20-16(10-24-13)14-2-4-15(5-3-14)17(22)19-11-18(6-8-21)7-9-23-12-18/h2-5,10,21H,6-9,11-12H2,1H3,(H,19,22). The molecule has 1 aromatic heterocycles. The molecule has 1 fully saturated rings. The highest BCUT2D eigenvalue weighted by Gasteiger charge is 2.34. The van der Waals surface area contributed by atoms with Gasteiger partial charge in [-0.15, -0.1) is 11.3 Å². The number of benzene rings is 1. The third kappa shape index (κ3) is 3.83. The molecule has 1 aliphatic rings. The number of hydrogen-bond donors (Lipinski definition) is 2. The second kappa shape index (κ2) is 7.42. The van der Waals surface area contributed by atoms with Crippen LogP contribution in [0.3, 0.4) is 0 Å². The van der Waals surface area contributed by atoms with Crippen molar-refractivity contribution in [2.24, 2.45) is 5.41 Å². The summed E-state index contributed by atoms with van der Waals surface area (Å²) < 4.78 is 5.45. The molecule has 1 aliphatic heterocycles. The van der Waals surface area contributed by atoms with Gasteiger partial charge in [0.1, 0.15) is 0 Å². The first-order chi connectivity index (χ1) is 11.6. The summed E-state index contributed by atoms with van der Waals surface area (Å²) in [6.07, 6.45) is 1.52. The van der Waals surface area contributed by atoms with E-state index in [9.17, 15) is 9.90 Å². The van der Waals surface area contributed by atoms with Crippen LogP contribution in [0.4, 0.5) is 0 Å². The van der Waals surface area contributed by atoms with Gasteiger partial charge in [0.2, 0.25) is 0 Å². The fourth-order valence-electron chi connectivity index (χ4n) is 2.97. The quantitative estimate of drug-likeness (QED) is 0.843. The summed E-state index contributed by atoms with van der Waals surface area (Å²) in [5, 5.41) is 15.3. The van der Waals surface area contributed by atoms with E-state index in [0.29, 0.717) is 31.7 Å². The van der Waals surface area contributed by atoms with E-state index in [0.717, 1.165) is 22.7 Å². The summed E-state index contributed by atoms with van der Waals surface area (Å²) in [7, 11) is 0. The maximum atomic E-state index is 12.4. The SMILES string of the molecule is Cc1nc(-c2ccc(C(=O)NCC3(CCO)CCOC3)cc2)cs1. The fourth-order valence-corrected chi connectivity index (χ4v) is 3.59. The zero-order chi connectivity index (χ0) is 17.0. The predicted octanol–water partition coefficient (Wildman–Crippen LogP) is 2.64. The van der Waals surface area contributed by atoms with Crippen molar-refractivity contribution in [3.63, 3.8) is 0 Å². The third-order valence-electron chi connectivity index (χ3n) is 4.51. The topological polar surface area (TPSA) is 71.5 Å². The molecular weight excluding hydrogens is 324 g/mol. The lowest BCUT2D eigenvalue weighted by atomic mass is 9.84. The van der Waals surface area contributed by atoms with Gasteiger partial charge in [0.05, 0.1) is 17.3 Å².